The molecule has 1 fully saturated rings. The van der Waals surface area contributed by atoms with Gasteiger partial charge in [-0.25, -0.2) is 9.97 Å². The molecule has 2 aliphatic rings. The van der Waals surface area contributed by atoms with E-state index in [1.807, 2.05) is 11.0 Å². The van der Waals surface area contributed by atoms with Gasteiger partial charge in [-0.3, -0.25) is 4.79 Å². The van der Waals surface area contributed by atoms with Crippen LogP contribution < -0.4 is 4.90 Å². The standard InChI is InChI=1S/C19H22N4O/c1-14-5-4-9-22(13-14)18(24)16-11-20-19(21-12-16)23-10-8-15-6-2-3-7-17(15)23/h2-3,6-7,11-12,14H,4-5,8-10,13H2,1H3. The highest BCUT2D eigenvalue weighted by Crippen LogP contribution is 2.32. The van der Waals surface area contributed by atoms with Gasteiger partial charge < -0.3 is 9.80 Å². The summed E-state index contributed by atoms with van der Waals surface area (Å²) in [4.78, 5) is 25.6. The zero-order valence-corrected chi connectivity index (χ0v) is 14.0. The van der Waals surface area contributed by atoms with E-state index in [-0.39, 0.29) is 5.91 Å². The topological polar surface area (TPSA) is 49.3 Å². The lowest BCUT2D eigenvalue weighted by Crippen LogP contribution is -2.39. The second-order valence-corrected chi connectivity index (χ2v) is 6.80. The number of carbonyl (C=O) groups excluding carboxylic acids is 1. The van der Waals surface area contributed by atoms with Crippen molar-refractivity contribution in [2.75, 3.05) is 24.5 Å². The van der Waals surface area contributed by atoms with E-state index in [0.29, 0.717) is 17.4 Å². The fourth-order valence-electron chi connectivity index (χ4n) is 3.67. The number of hydrogen-bond donors (Lipinski definition) is 0. The molecule has 1 atom stereocenters. The lowest BCUT2D eigenvalue weighted by molar-refractivity contribution is 0.0682. The summed E-state index contributed by atoms with van der Waals surface area (Å²) < 4.78 is 0. The highest BCUT2D eigenvalue weighted by atomic mass is 16.2. The van der Waals surface area contributed by atoms with Crippen LogP contribution in [0.25, 0.3) is 0 Å². The summed E-state index contributed by atoms with van der Waals surface area (Å²) in [6.45, 7) is 4.75. The molecule has 2 aliphatic heterocycles. The molecule has 124 valence electrons. The molecule has 1 amide bonds. The number of hydrogen-bond acceptors (Lipinski definition) is 4. The van der Waals surface area contributed by atoms with Gasteiger partial charge in [-0.2, -0.15) is 0 Å². The average molecular weight is 322 g/mol. The Morgan fingerprint density at radius 3 is 2.75 bits per heavy atom. The van der Waals surface area contributed by atoms with Crippen molar-refractivity contribution in [2.45, 2.75) is 26.2 Å². The average Bonchev–Trinajstić information content (AvgIpc) is 3.05. The first-order valence-corrected chi connectivity index (χ1v) is 8.69. The molecule has 1 saturated heterocycles. The van der Waals surface area contributed by atoms with Gasteiger partial charge in [0.1, 0.15) is 0 Å². The third-order valence-electron chi connectivity index (χ3n) is 4.96. The number of piperidine rings is 1. The Bertz CT molecular complexity index is 743. The van der Waals surface area contributed by atoms with Crippen LogP contribution in [0.5, 0.6) is 0 Å². The molecule has 24 heavy (non-hydrogen) atoms. The van der Waals surface area contributed by atoms with Crippen molar-refractivity contribution in [2.24, 2.45) is 5.92 Å². The molecule has 1 aromatic heterocycles. The molecule has 0 radical (unpaired) electrons. The van der Waals surface area contributed by atoms with E-state index in [0.717, 1.165) is 32.5 Å². The number of aromatic nitrogens is 2. The van der Waals surface area contributed by atoms with Crippen LogP contribution in [0.4, 0.5) is 11.6 Å². The zero-order valence-electron chi connectivity index (χ0n) is 14.0. The Balaban J connectivity index is 1.52. The predicted octanol–water partition coefficient (Wildman–Crippen LogP) is 3.04. The Kier molecular flexibility index (Phi) is 3.92. The molecule has 2 aromatic rings. The number of para-hydroxylation sites is 1. The molecule has 0 N–H and O–H groups in total. The predicted molar refractivity (Wildman–Crippen MR) is 93.5 cm³/mol. The molecule has 3 heterocycles. The van der Waals surface area contributed by atoms with E-state index < -0.39 is 0 Å². The summed E-state index contributed by atoms with van der Waals surface area (Å²) in [5.74, 6) is 1.29. The van der Waals surface area contributed by atoms with Gasteiger partial charge in [0.2, 0.25) is 5.95 Å². The van der Waals surface area contributed by atoms with Crippen molar-refractivity contribution in [1.29, 1.82) is 0 Å². The first-order chi connectivity index (χ1) is 11.7. The number of carbonyl (C=O) groups is 1. The van der Waals surface area contributed by atoms with Gasteiger partial charge in [0.25, 0.3) is 5.91 Å². The minimum absolute atomic E-state index is 0.0509. The minimum Gasteiger partial charge on any atom is -0.338 e. The maximum atomic E-state index is 12.6. The number of amides is 1. The Hall–Kier alpha value is -2.43. The van der Waals surface area contributed by atoms with Crippen LogP contribution in [-0.2, 0) is 6.42 Å². The van der Waals surface area contributed by atoms with Crippen LogP contribution in [0.15, 0.2) is 36.7 Å². The maximum Gasteiger partial charge on any atom is 0.257 e. The van der Waals surface area contributed by atoms with E-state index in [2.05, 4.69) is 40.0 Å². The lowest BCUT2D eigenvalue weighted by atomic mass is 10.00. The van der Waals surface area contributed by atoms with Crippen LogP contribution in [0, 0.1) is 5.92 Å². The van der Waals surface area contributed by atoms with E-state index in [1.165, 1.54) is 17.7 Å². The first-order valence-electron chi connectivity index (χ1n) is 8.69. The molecule has 1 aromatic carbocycles. The molecule has 0 aliphatic carbocycles. The van der Waals surface area contributed by atoms with Crippen molar-refractivity contribution in [3.8, 4) is 0 Å². The summed E-state index contributed by atoms with van der Waals surface area (Å²) in [6.07, 6.45) is 6.63. The number of nitrogens with zero attached hydrogens (tertiary/aromatic N) is 4. The van der Waals surface area contributed by atoms with Crippen molar-refractivity contribution in [3.05, 3.63) is 47.8 Å². The minimum atomic E-state index is 0.0509. The van der Waals surface area contributed by atoms with E-state index in [1.54, 1.807) is 12.4 Å². The SMILES string of the molecule is CC1CCCN(C(=O)c2cnc(N3CCc4ccccc43)nc2)C1. The second-order valence-electron chi connectivity index (χ2n) is 6.80. The van der Waals surface area contributed by atoms with Gasteiger partial charge in [0.15, 0.2) is 0 Å². The molecular formula is C19H22N4O. The van der Waals surface area contributed by atoms with Crippen LogP contribution in [0.2, 0.25) is 0 Å². The summed E-state index contributed by atoms with van der Waals surface area (Å²) in [5.41, 5.74) is 3.07. The van der Waals surface area contributed by atoms with E-state index in [4.69, 9.17) is 0 Å². The maximum absolute atomic E-state index is 12.6. The lowest BCUT2D eigenvalue weighted by Gasteiger charge is -2.30. The normalized spacial score (nSPS) is 20.1. The van der Waals surface area contributed by atoms with Crippen LogP contribution >= 0.6 is 0 Å². The van der Waals surface area contributed by atoms with E-state index in [9.17, 15) is 4.79 Å². The van der Waals surface area contributed by atoms with Crippen molar-refractivity contribution >= 4 is 17.5 Å². The number of fused-ring (bicyclic) bond motifs is 1. The third-order valence-corrected chi connectivity index (χ3v) is 4.96. The smallest absolute Gasteiger partial charge is 0.257 e. The molecule has 5 nitrogen and oxygen atoms in total. The van der Waals surface area contributed by atoms with Crippen molar-refractivity contribution in [3.63, 3.8) is 0 Å². The van der Waals surface area contributed by atoms with Crippen LogP contribution in [-0.4, -0.2) is 40.4 Å². The summed E-state index contributed by atoms with van der Waals surface area (Å²) in [7, 11) is 0. The third kappa shape index (κ3) is 2.75. The molecule has 0 saturated carbocycles. The van der Waals surface area contributed by atoms with Gasteiger partial charge in [0.05, 0.1) is 5.56 Å². The Morgan fingerprint density at radius 2 is 1.96 bits per heavy atom. The number of likely N-dealkylation sites (tertiary alicyclic amines) is 1. The van der Waals surface area contributed by atoms with Gasteiger partial charge >= 0.3 is 0 Å². The van der Waals surface area contributed by atoms with Crippen molar-refractivity contribution < 1.29 is 4.79 Å². The molecule has 1 unspecified atom stereocenters. The molecule has 0 bridgehead atoms. The Morgan fingerprint density at radius 1 is 1.17 bits per heavy atom. The number of anilines is 2. The molecule has 4 rings (SSSR count). The van der Waals surface area contributed by atoms with E-state index >= 15 is 0 Å². The quantitative estimate of drug-likeness (QED) is 0.853. The van der Waals surface area contributed by atoms with Gasteiger partial charge in [-0.05, 0) is 36.8 Å². The van der Waals surface area contributed by atoms with Crippen LogP contribution in [0.1, 0.15) is 35.7 Å². The van der Waals surface area contributed by atoms with Crippen molar-refractivity contribution in [1.82, 2.24) is 14.9 Å². The van der Waals surface area contributed by atoms with Crippen LogP contribution in [0.3, 0.4) is 0 Å². The fourth-order valence-corrected chi connectivity index (χ4v) is 3.67. The summed E-state index contributed by atoms with van der Waals surface area (Å²) >= 11 is 0. The molecule has 0 spiro atoms. The van der Waals surface area contributed by atoms with Gasteiger partial charge in [-0.15, -0.1) is 0 Å². The number of rotatable bonds is 2. The highest BCUT2D eigenvalue weighted by Gasteiger charge is 2.24. The largest absolute Gasteiger partial charge is 0.338 e. The second kappa shape index (κ2) is 6.23. The highest BCUT2D eigenvalue weighted by molar-refractivity contribution is 5.93. The van der Waals surface area contributed by atoms with Gasteiger partial charge in [0, 0.05) is 37.7 Å². The summed E-state index contributed by atoms with van der Waals surface area (Å²) in [6, 6.07) is 8.34. The monoisotopic (exact) mass is 322 g/mol. The fraction of sp³-hybridized carbons (Fsp3) is 0.421. The first kappa shape index (κ1) is 15.1. The number of benzene rings is 1. The van der Waals surface area contributed by atoms with Gasteiger partial charge in [-0.1, -0.05) is 25.1 Å². The zero-order chi connectivity index (χ0) is 16.5. The molecular weight excluding hydrogens is 300 g/mol. The molecule has 5 heteroatoms. The Labute approximate surface area is 142 Å². The summed E-state index contributed by atoms with van der Waals surface area (Å²) in [5, 5.41) is 0.